The van der Waals surface area contributed by atoms with Gasteiger partial charge in [-0.05, 0) is 13.0 Å². The summed E-state index contributed by atoms with van der Waals surface area (Å²) in [5.74, 6) is 5.00. The van der Waals surface area contributed by atoms with E-state index in [9.17, 15) is 0 Å². The minimum Gasteiger partial charge on any atom is -0.323 e. The van der Waals surface area contributed by atoms with E-state index in [2.05, 4.69) is 15.3 Å². The number of nitrogens with two attached hydrogens (primary N) is 1. The molecule has 0 radical (unpaired) electrons. The number of H-pyrrole nitrogens is 1. The van der Waals surface area contributed by atoms with Crippen molar-refractivity contribution in [2.24, 2.45) is 10.9 Å². The molecule has 0 aliphatic carbocycles. The Morgan fingerprint density at radius 3 is 3.11 bits per heavy atom. The summed E-state index contributed by atoms with van der Waals surface area (Å²) in [5, 5.41) is 9.93. The number of aromatic nitrogens is 2. The minimum atomic E-state index is 0.757. The zero-order valence-electron chi connectivity index (χ0n) is 5.13. The van der Waals surface area contributed by atoms with Gasteiger partial charge in [-0.3, -0.25) is 5.10 Å². The Balaban J connectivity index is 2.90. The highest BCUT2D eigenvalue weighted by atomic mass is 15.2. The van der Waals surface area contributed by atoms with Gasteiger partial charge >= 0.3 is 0 Å². The molecule has 0 aromatic carbocycles. The number of aromatic amines is 1. The van der Waals surface area contributed by atoms with Crippen LogP contribution in [0.1, 0.15) is 12.6 Å². The van der Waals surface area contributed by atoms with Crippen LogP contribution in [0.25, 0.3) is 0 Å². The molecule has 0 bridgehead atoms. The smallest absolute Gasteiger partial charge is 0.0819 e. The molecule has 0 atom stereocenters. The van der Waals surface area contributed by atoms with Crippen LogP contribution in [0.3, 0.4) is 0 Å². The lowest BCUT2D eigenvalue weighted by Gasteiger charge is -1.88. The maximum atomic E-state index is 5.00. The quantitative estimate of drug-likeness (QED) is 0.316. The number of hydrogen-bond donors (Lipinski definition) is 2. The molecule has 0 aliphatic heterocycles. The Morgan fingerprint density at radius 2 is 2.67 bits per heavy atom. The second-order valence-corrected chi connectivity index (χ2v) is 1.68. The monoisotopic (exact) mass is 124 g/mol. The van der Waals surface area contributed by atoms with Gasteiger partial charge in [0.25, 0.3) is 0 Å². The molecule has 9 heavy (non-hydrogen) atoms. The van der Waals surface area contributed by atoms with E-state index in [4.69, 9.17) is 5.84 Å². The lowest BCUT2D eigenvalue weighted by molar-refractivity contribution is 1.07. The van der Waals surface area contributed by atoms with Crippen LogP contribution in [0.4, 0.5) is 0 Å². The third kappa shape index (κ3) is 1.07. The van der Waals surface area contributed by atoms with E-state index in [-0.39, 0.29) is 0 Å². The van der Waals surface area contributed by atoms with Gasteiger partial charge in [-0.2, -0.15) is 10.2 Å². The van der Waals surface area contributed by atoms with E-state index in [0.717, 1.165) is 11.4 Å². The van der Waals surface area contributed by atoms with E-state index in [1.165, 1.54) is 0 Å². The molecule has 0 unspecified atom stereocenters. The topological polar surface area (TPSA) is 67.1 Å². The molecule has 0 saturated carbocycles. The molecule has 1 rings (SSSR count). The van der Waals surface area contributed by atoms with E-state index < -0.39 is 0 Å². The predicted molar refractivity (Wildman–Crippen MR) is 35.0 cm³/mol. The van der Waals surface area contributed by atoms with Crippen molar-refractivity contribution in [1.82, 2.24) is 10.2 Å². The van der Waals surface area contributed by atoms with E-state index in [0.29, 0.717) is 0 Å². The lowest BCUT2D eigenvalue weighted by Crippen LogP contribution is -1.98. The fraction of sp³-hybridized carbons (Fsp3) is 0.200. The number of nitrogens with one attached hydrogen (secondary N) is 1. The van der Waals surface area contributed by atoms with Crippen LogP contribution in [-0.2, 0) is 0 Å². The fourth-order valence-electron chi connectivity index (χ4n) is 0.527. The number of hydrazone groups is 1. The minimum absolute atomic E-state index is 0.757. The third-order valence-electron chi connectivity index (χ3n) is 1.08. The van der Waals surface area contributed by atoms with Crippen LogP contribution in [0, 0.1) is 0 Å². The van der Waals surface area contributed by atoms with Crippen molar-refractivity contribution in [1.29, 1.82) is 0 Å². The summed E-state index contributed by atoms with van der Waals surface area (Å²) in [6.45, 7) is 1.81. The van der Waals surface area contributed by atoms with Crippen molar-refractivity contribution >= 4 is 5.71 Å². The summed E-state index contributed by atoms with van der Waals surface area (Å²) < 4.78 is 0. The molecule has 1 heterocycles. The first-order chi connectivity index (χ1) is 4.34. The third-order valence-corrected chi connectivity index (χ3v) is 1.08. The standard InChI is InChI=1S/C5H8N4/c1-4(8-6)5-2-3-7-9-5/h2-3H,6H2,1H3,(H,7,9). The van der Waals surface area contributed by atoms with E-state index in [1.54, 1.807) is 6.20 Å². The number of nitrogens with zero attached hydrogens (tertiary/aromatic N) is 2. The zero-order valence-corrected chi connectivity index (χ0v) is 5.13. The summed E-state index contributed by atoms with van der Waals surface area (Å²) in [5.41, 5.74) is 1.62. The van der Waals surface area contributed by atoms with Crippen molar-refractivity contribution < 1.29 is 0 Å². The molecule has 48 valence electrons. The maximum Gasteiger partial charge on any atom is 0.0819 e. The van der Waals surface area contributed by atoms with Crippen LogP contribution in [0.5, 0.6) is 0 Å². The highest BCUT2D eigenvalue weighted by Gasteiger charge is 1.94. The first-order valence-electron chi connectivity index (χ1n) is 2.59. The average molecular weight is 124 g/mol. The molecule has 1 aromatic heterocycles. The molecule has 0 saturated heterocycles. The normalized spacial score (nSPS) is 11.9. The van der Waals surface area contributed by atoms with Gasteiger partial charge in [-0.1, -0.05) is 0 Å². The van der Waals surface area contributed by atoms with Gasteiger partial charge in [0.15, 0.2) is 0 Å². The van der Waals surface area contributed by atoms with Crippen LogP contribution < -0.4 is 5.84 Å². The second-order valence-electron chi connectivity index (χ2n) is 1.68. The van der Waals surface area contributed by atoms with Gasteiger partial charge in [0.05, 0.1) is 11.4 Å². The number of hydrogen-bond acceptors (Lipinski definition) is 3. The van der Waals surface area contributed by atoms with Crippen molar-refractivity contribution in [3.05, 3.63) is 18.0 Å². The number of rotatable bonds is 1. The Labute approximate surface area is 52.8 Å². The first kappa shape index (κ1) is 5.81. The summed E-state index contributed by atoms with van der Waals surface area (Å²) in [6.07, 6.45) is 1.66. The molecule has 0 fully saturated rings. The van der Waals surface area contributed by atoms with Crippen LogP contribution in [0.2, 0.25) is 0 Å². The van der Waals surface area contributed by atoms with Crippen molar-refractivity contribution in [3.8, 4) is 0 Å². The largest absolute Gasteiger partial charge is 0.323 e. The van der Waals surface area contributed by atoms with Crippen molar-refractivity contribution in [3.63, 3.8) is 0 Å². The van der Waals surface area contributed by atoms with E-state index in [1.807, 2.05) is 13.0 Å². The zero-order chi connectivity index (χ0) is 6.69. The van der Waals surface area contributed by atoms with E-state index >= 15 is 0 Å². The molecule has 3 N–H and O–H groups in total. The molecule has 4 heteroatoms. The molecular weight excluding hydrogens is 116 g/mol. The fourth-order valence-corrected chi connectivity index (χ4v) is 0.527. The van der Waals surface area contributed by atoms with Crippen LogP contribution in [-0.4, -0.2) is 15.9 Å². The Morgan fingerprint density at radius 1 is 1.89 bits per heavy atom. The SMILES string of the molecule is CC(=NN)c1ccn[nH]1. The molecule has 0 spiro atoms. The average Bonchev–Trinajstić information content (AvgIpc) is 2.37. The van der Waals surface area contributed by atoms with Gasteiger partial charge in [-0.15, -0.1) is 0 Å². The predicted octanol–water partition coefficient (Wildman–Crippen LogP) is 0.0924. The molecule has 4 nitrogen and oxygen atoms in total. The summed E-state index contributed by atoms with van der Waals surface area (Å²) in [4.78, 5) is 0. The van der Waals surface area contributed by atoms with Gasteiger partial charge in [0.1, 0.15) is 0 Å². The van der Waals surface area contributed by atoms with Crippen LogP contribution >= 0.6 is 0 Å². The maximum absolute atomic E-state index is 5.00. The Bertz CT molecular complexity index is 199. The van der Waals surface area contributed by atoms with Crippen molar-refractivity contribution in [2.75, 3.05) is 0 Å². The molecular formula is C5H8N4. The highest BCUT2D eigenvalue weighted by Crippen LogP contribution is 1.91. The Kier molecular flexibility index (Phi) is 1.48. The Hall–Kier alpha value is -1.32. The first-order valence-corrected chi connectivity index (χ1v) is 2.59. The van der Waals surface area contributed by atoms with Crippen molar-refractivity contribution in [2.45, 2.75) is 6.92 Å². The molecule has 0 aliphatic rings. The van der Waals surface area contributed by atoms with Gasteiger partial charge < -0.3 is 5.84 Å². The summed E-state index contributed by atoms with van der Waals surface area (Å²) in [7, 11) is 0. The summed E-state index contributed by atoms with van der Waals surface area (Å²) in [6, 6.07) is 1.81. The summed E-state index contributed by atoms with van der Waals surface area (Å²) >= 11 is 0. The lowest BCUT2D eigenvalue weighted by atomic mass is 10.3. The second kappa shape index (κ2) is 2.30. The van der Waals surface area contributed by atoms with Gasteiger partial charge in [0, 0.05) is 6.20 Å². The van der Waals surface area contributed by atoms with Gasteiger partial charge in [0.2, 0.25) is 0 Å². The molecule has 1 aromatic rings. The molecule has 0 amide bonds. The van der Waals surface area contributed by atoms with Crippen LogP contribution in [0.15, 0.2) is 17.4 Å². The highest BCUT2D eigenvalue weighted by molar-refractivity contribution is 5.96. The van der Waals surface area contributed by atoms with Gasteiger partial charge in [-0.25, -0.2) is 0 Å².